The zero-order valence-electron chi connectivity index (χ0n) is 15.7. The number of benzene rings is 1. The van der Waals surface area contributed by atoms with Crippen LogP contribution in [0, 0.1) is 13.8 Å². The minimum atomic E-state index is -0.113. The highest BCUT2D eigenvalue weighted by molar-refractivity contribution is 6.24. The summed E-state index contributed by atoms with van der Waals surface area (Å²) in [6.45, 7) is 10.8. The molecular formula is C20H28N2O3. The Morgan fingerprint density at radius 3 is 2.48 bits per heavy atom. The molecule has 1 amide bonds. The second-order valence-electron chi connectivity index (χ2n) is 6.35. The fourth-order valence-electron chi connectivity index (χ4n) is 2.92. The molecule has 1 aromatic carbocycles. The van der Waals surface area contributed by atoms with Crippen LogP contribution >= 0.6 is 0 Å². The largest absolute Gasteiger partial charge is 0.497 e. The summed E-state index contributed by atoms with van der Waals surface area (Å²) in [5.74, 6) is 1.53. The van der Waals surface area contributed by atoms with E-state index in [0.29, 0.717) is 18.7 Å². The molecule has 25 heavy (non-hydrogen) atoms. The van der Waals surface area contributed by atoms with Crippen molar-refractivity contribution < 1.29 is 14.3 Å². The third-order valence-electron chi connectivity index (χ3n) is 4.32. The summed E-state index contributed by atoms with van der Waals surface area (Å²) in [5.41, 5.74) is 3.36. The summed E-state index contributed by atoms with van der Waals surface area (Å²) >= 11 is 0. The summed E-state index contributed by atoms with van der Waals surface area (Å²) in [6.07, 6.45) is 4.13. The molecule has 0 saturated heterocycles. The number of unbranched alkanes of at least 4 members (excludes halogenated alkanes) is 2. The fourth-order valence-corrected chi connectivity index (χ4v) is 2.92. The normalized spacial score (nSPS) is 14.1. The Morgan fingerprint density at radius 2 is 1.88 bits per heavy atom. The Bertz CT molecular complexity index is 657. The van der Waals surface area contributed by atoms with Gasteiger partial charge in [0.05, 0.1) is 24.9 Å². The number of hydrazone groups is 1. The van der Waals surface area contributed by atoms with Crippen molar-refractivity contribution in [2.24, 2.45) is 5.10 Å². The minimum absolute atomic E-state index is 0.113. The van der Waals surface area contributed by atoms with Crippen molar-refractivity contribution in [3.05, 3.63) is 35.4 Å². The molecule has 1 aromatic rings. The van der Waals surface area contributed by atoms with Gasteiger partial charge < -0.3 is 9.47 Å². The van der Waals surface area contributed by atoms with Crippen LogP contribution in [0.15, 0.2) is 29.4 Å². The number of amides is 1. The maximum absolute atomic E-state index is 12.2. The van der Waals surface area contributed by atoms with Gasteiger partial charge in [0, 0.05) is 0 Å². The first-order chi connectivity index (χ1) is 12.0. The van der Waals surface area contributed by atoms with Crippen LogP contribution in [0.4, 0.5) is 0 Å². The average Bonchev–Trinajstić information content (AvgIpc) is 2.85. The van der Waals surface area contributed by atoms with Crippen molar-refractivity contribution in [2.45, 2.75) is 46.5 Å². The summed E-state index contributed by atoms with van der Waals surface area (Å²) in [7, 11) is 1.65. The van der Waals surface area contributed by atoms with Crippen molar-refractivity contribution >= 4 is 11.6 Å². The zero-order chi connectivity index (χ0) is 18.4. The Morgan fingerprint density at radius 1 is 1.20 bits per heavy atom. The van der Waals surface area contributed by atoms with Crippen molar-refractivity contribution in [3.63, 3.8) is 0 Å². The van der Waals surface area contributed by atoms with Crippen molar-refractivity contribution in [2.75, 3.05) is 20.3 Å². The molecule has 1 heterocycles. The summed E-state index contributed by atoms with van der Waals surface area (Å²) < 4.78 is 11.2. The lowest BCUT2D eigenvalue weighted by Gasteiger charge is -2.16. The molecule has 2 rings (SSSR count). The van der Waals surface area contributed by atoms with Gasteiger partial charge >= 0.3 is 0 Å². The minimum Gasteiger partial charge on any atom is -0.497 e. The van der Waals surface area contributed by atoms with E-state index in [9.17, 15) is 4.79 Å². The first-order valence-electron chi connectivity index (χ1n) is 8.84. The quantitative estimate of drug-likeness (QED) is 0.502. The standard InChI is InChI=1S/C20H28N2O3/c1-6-7-8-9-18-16(4)20(23)22(21-18)10-11-25-19-14(2)12-17(24-5)13-15(19)3/h12-13H,4,6-11H2,1-3,5H3. The van der Waals surface area contributed by atoms with Gasteiger partial charge in [0.2, 0.25) is 0 Å². The maximum Gasteiger partial charge on any atom is 0.275 e. The number of hydrogen-bond acceptors (Lipinski definition) is 4. The first-order valence-corrected chi connectivity index (χ1v) is 8.84. The second-order valence-corrected chi connectivity index (χ2v) is 6.35. The highest BCUT2D eigenvalue weighted by atomic mass is 16.5. The molecular weight excluding hydrogens is 316 g/mol. The molecule has 5 heteroatoms. The van der Waals surface area contributed by atoms with Gasteiger partial charge in [0.1, 0.15) is 18.1 Å². The van der Waals surface area contributed by atoms with Crippen LogP contribution < -0.4 is 9.47 Å². The van der Waals surface area contributed by atoms with E-state index in [1.807, 2.05) is 26.0 Å². The molecule has 0 aromatic heterocycles. The van der Waals surface area contributed by atoms with Gasteiger partial charge in [-0.1, -0.05) is 26.3 Å². The van der Waals surface area contributed by atoms with Gasteiger partial charge in [-0.2, -0.15) is 5.10 Å². The molecule has 0 spiro atoms. The monoisotopic (exact) mass is 344 g/mol. The van der Waals surface area contributed by atoms with E-state index in [1.54, 1.807) is 7.11 Å². The van der Waals surface area contributed by atoms with Crippen LogP contribution in [-0.4, -0.2) is 36.9 Å². The molecule has 0 radical (unpaired) electrons. The van der Waals surface area contributed by atoms with Crippen LogP contribution in [0.3, 0.4) is 0 Å². The van der Waals surface area contributed by atoms with Crippen molar-refractivity contribution in [3.8, 4) is 11.5 Å². The lowest BCUT2D eigenvalue weighted by atomic mass is 10.1. The van der Waals surface area contributed by atoms with Crippen LogP contribution in [0.2, 0.25) is 0 Å². The van der Waals surface area contributed by atoms with Crippen LogP contribution in [0.25, 0.3) is 0 Å². The number of carbonyl (C=O) groups excluding carboxylic acids is 1. The Kier molecular flexibility index (Phi) is 6.62. The van der Waals surface area contributed by atoms with Gasteiger partial charge in [0.15, 0.2) is 0 Å². The van der Waals surface area contributed by atoms with E-state index in [2.05, 4.69) is 18.6 Å². The molecule has 5 nitrogen and oxygen atoms in total. The Balaban J connectivity index is 1.93. The molecule has 1 aliphatic heterocycles. The molecule has 1 aliphatic rings. The summed E-state index contributed by atoms with van der Waals surface area (Å²) in [6, 6.07) is 3.88. The molecule has 0 saturated carbocycles. The third kappa shape index (κ3) is 4.62. The molecule has 136 valence electrons. The van der Waals surface area contributed by atoms with Gasteiger partial charge in [-0.05, 0) is 49.9 Å². The number of ether oxygens (including phenoxy) is 2. The SMILES string of the molecule is C=C1C(=O)N(CCOc2c(C)cc(OC)cc2C)N=C1CCCCC. The molecule has 0 fully saturated rings. The number of rotatable bonds is 9. The topological polar surface area (TPSA) is 51.1 Å². The second kappa shape index (κ2) is 8.70. The molecule has 0 unspecified atom stereocenters. The van der Waals surface area contributed by atoms with Crippen molar-refractivity contribution in [1.29, 1.82) is 0 Å². The smallest absolute Gasteiger partial charge is 0.275 e. The highest BCUT2D eigenvalue weighted by Gasteiger charge is 2.27. The number of carbonyl (C=O) groups is 1. The van der Waals surface area contributed by atoms with Gasteiger partial charge in [0.25, 0.3) is 5.91 Å². The molecule has 0 bridgehead atoms. The molecule has 0 atom stereocenters. The average molecular weight is 344 g/mol. The fraction of sp³-hybridized carbons (Fsp3) is 0.500. The van der Waals surface area contributed by atoms with Gasteiger partial charge in [-0.3, -0.25) is 4.79 Å². The Hall–Kier alpha value is -2.30. The Labute approximate surface area is 150 Å². The summed E-state index contributed by atoms with van der Waals surface area (Å²) in [5, 5.41) is 5.90. The van der Waals surface area contributed by atoms with Crippen LogP contribution in [0.1, 0.15) is 43.7 Å². The zero-order valence-corrected chi connectivity index (χ0v) is 15.7. The van der Waals surface area contributed by atoms with E-state index in [-0.39, 0.29) is 5.91 Å². The van der Waals surface area contributed by atoms with Crippen LogP contribution in [0.5, 0.6) is 11.5 Å². The lowest BCUT2D eigenvalue weighted by Crippen LogP contribution is -2.27. The highest BCUT2D eigenvalue weighted by Crippen LogP contribution is 2.28. The van der Waals surface area contributed by atoms with Crippen LogP contribution in [-0.2, 0) is 4.79 Å². The van der Waals surface area contributed by atoms with E-state index in [4.69, 9.17) is 9.47 Å². The molecule has 0 N–H and O–H groups in total. The van der Waals surface area contributed by atoms with E-state index in [1.165, 1.54) is 5.01 Å². The van der Waals surface area contributed by atoms with Gasteiger partial charge in [-0.25, -0.2) is 5.01 Å². The predicted octanol–water partition coefficient (Wildman–Crippen LogP) is 4.03. The summed E-state index contributed by atoms with van der Waals surface area (Å²) in [4.78, 5) is 12.2. The van der Waals surface area contributed by atoms with Gasteiger partial charge in [-0.15, -0.1) is 0 Å². The number of methoxy groups -OCH3 is 1. The maximum atomic E-state index is 12.2. The van der Waals surface area contributed by atoms with E-state index < -0.39 is 0 Å². The van der Waals surface area contributed by atoms with E-state index in [0.717, 1.165) is 54.0 Å². The lowest BCUT2D eigenvalue weighted by molar-refractivity contribution is -0.126. The first kappa shape index (κ1) is 19.0. The number of hydrogen-bond donors (Lipinski definition) is 0. The number of aryl methyl sites for hydroxylation is 2. The third-order valence-corrected chi connectivity index (χ3v) is 4.32. The molecule has 0 aliphatic carbocycles. The van der Waals surface area contributed by atoms with Crippen molar-refractivity contribution in [1.82, 2.24) is 5.01 Å². The van der Waals surface area contributed by atoms with E-state index >= 15 is 0 Å². The predicted molar refractivity (Wildman–Crippen MR) is 100 cm³/mol. The number of nitrogens with zero attached hydrogens (tertiary/aromatic N) is 2.